The van der Waals surface area contributed by atoms with Crippen molar-refractivity contribution in [2.45, 2.75) is 6.10 Å². The van der Waals surface area contributed by atoms with Crippen LogP contribution in [0.3, 0.4) is 0 Å². The van der Waals surface area contributed by atoms with Crippen LogP contribution in [0.2, 0.25) is 0 Å². The molecule has 0 saturated carbocycles. The first-order valence-corrected chi connectivity index (χ1v) is 9.02. The molecule has 0 aliphatic heterocycles. The summed E-state index contributed by atoms with van der Waals surface area (Å²) in [4.78, 5) is 3.41. The Morgan fingerprint density at radius 1 is 0.926 bits per heavy atom. The van der Waals surface area contributed by atoms with Gasteiger partial charge in [0.2, 0.25) is 0 Å². The van der Waals surface area contributed by atoms with Crippen molar-refractivity contribution in [1.29, 1.82) is 0 Å². The molecule has 0 aliphatic rings. The van der Waals surface area contributed by atoms with Gasteiger partial charge in [0, 0.05) is 35.4 Å². The standard InChI is InChI=1S/C22H22N2O3/c25-16-7-5-15(6-8-16)22(26)14-23-11-12-27-17-9-10-19-18-3-1-2-4-20(18)24-21(19)13-17/h1-10,13,22-26H,11-12,14H2/t22-/m0/s1. The van der Waals surface area contributed by atoms with Crippen molar-refractivity contribution in [3.8, 4) is 11.5 Å². The maximum atomic E-state index is 10.1. The number of aromatic nitrogens is 1. The second kappa shape index (κ2) is 7.70. The Hall–Kier alpha value is -3.02. The fraction of sp³-hybridized carbons (Fsp3) is 0.182. The number of ether oxygens (including phenoxy) is 1. The molecule has 138 valence electrons. The molecule has 4 rings (SSSR count). The molecular weight excluding hydrogens is 340 g/mol. The third kappa shape index (κ3) is 3.89. The number of phenolic OH excluding ortho intramolecular Hbond substituents is 1. The van der Waals surface area contributed by atoms with Crippen molar-refractivity contribution in [2.24, 2.45) is 0 Å². The maximum Gasteiger partial charge on any atom is 0.121 e. The molecule has 0 fully saturated rings. The average Bonchev–Trinajstić information content (AvgIpc) is 3.06. The zero-order valence-corrected chi connectivity index (χ0v) is 14.9. The summed E-state index contributed by atoms with van der Waals surface area (Å²) in [6, 6.07) is 20.9. The highest BCUT2D eigenvalue weighted by molar-refractivity contribution is 6.07. The third-order valence-corrected chi connectivity index (χ3v) is 4.64. The number of aliphatic hydroxyl groups excluding tert-OH is 1. The maximum absolute atomic E-state index is 10.1. The lowest BCUT2D eigenvalue weighted by molar-refractivity contribution is 0.172. The minimum Gasteiger partial charge on any atom is -0.508 e. The Kier molecular flexibility index (Phi) is 4.96. The number of H-pyrrole nitrogens is 1. The number of hydrogen-bond acceptors (Lipinski definition) is 4. The first kappa shape index (κ1) is 17.4. The summed E-state index contributed by atoms with van der Waals surface area (Å²) in [6.45, 7) is 1.56. The number of aromatic hydroxyl groups is 1. The van der Waals surface area contributed by atoms with Crippen LogP contribution in [0.1, 0.15) is 11.7 Å². The summed E-state index contributed by atoms with van der Waals surface area (Å²) in [5, 5.41) is 25.0. The smallest absolute Gasteiger partial charge is 0.121 e. The van der Waals surface area contributed by atoms with E-state index in [0.717, 1.165) is 22.3 Å². The molecule has 1 heterocycles. The van der Waals surface area contributed by atoms with Gasteiger partial charge in [0.25, 0.3) is 0 Å². The van der Waals surface area contributed by atoms with E-state index in [-0.39, 0.29) is 5.75 Å². The van der Waals surface area contributed by atoms with E-state index in [1.54, 1.807) is 24.3 Å². The summed E-state index contributed by atoms with van der Waals surface area (Å²) in [5.74, 6) is 1.01. The van der Waals surface area contributed by atoms with Gasteiger partial charge >= 0.3 is 0 Å². The van der Waals surface area contributed by atoms with Gasteiger partial charge in [0.15, 0.2) is 0 Å². The first-order chi connectivity index (χ1) is 13.2. The third-order valence-electron chi connectivity index (χ3n) is 4.64. The van der Waals surface area contributed by atoms with E-state index in [0.29, 0.717) is 19.7 Å². The Balaban J connectivity index is 1.29. The van der Waals surface area contributed by atoms with Crippen LogP contribution in [0.15, 0.2) is 66.7 Å². The molecule has 0 unspecified atom stereocenters. The van der Waals surface area contributed by atoms with Crippen LogP contribution in [-0.4, -0.2) is 34.9 Å². The van der Waals surface area contributed by atoms with Crippen molar-refractivity contribution in [1.82, 2.24) is 10.3 Å². The molecule has 27 heavy (non-hydrogen) atoms. The number of benzene rings is 3. The summed E-state index contributed by atoms with van der Waals surface area (Å²) >= 11 is 0. The summed E-state index contributed by atoms with van der Waals surface area (Å²) in [6.07, 6.45) is -0.617. The van der Waals surface area contributed by atoms with Crippen LogP contribution >= 0.6 is 0 Å². The predicted molar refractivity (Wildman–Crippen MR) is 107 cm³/mol. The van der Waals surface area contributed by atoms with E-state index >= 15 is 0 Å². The minimum atomic E-state index is -0.617. The van der Waals surface area contributed by atoms with E-state index in [1.807, 2.05) is 24.3 Å². The normalized spacial score (nSPS) is 12.5. The molecule has 1 aromatic heterocycles. The van der Waals surface area contributed by atoms with Gasteiger partial charge in [-0.2, -0.15) is 0 Å². The lowest BCUT2D eigenvalue weighted by atomic mass is 10.1. The van der Waals surface area contributed by atoms with Crippen molar-refractivity contribution in [2.75, 3.05) is 19.7 Å². The van der Waals surface area contributed by atoms with Gasteiger partial charge in [-0.1, -0.05) is 30.3 Å². The molecule has 0 radical (unpaired) electrons. The summed E-state index contributed by atoms with van der Waals surface area (Å²) in [7, 11) is 0. The number of rotatable bonds is 7. The van der Waals surface area contributed by atoms with Gasteiger partial charge < -0.3 is 25.3 Å². The van der Waals surface area contributed by atoms with Gasteiger partial charge in [-0.15, -0.1) is 0 Å². The molecule has 0 saturated heterocycles. The number of nitrogens with one attached hydrogen (secondary N) is 2. The molecule has 1 atom stereocenters. The van der Waals surface area contributed by atoms with Crippen molar-refractivity contribution in [3.63, 3.8) is 0 Å². The summed E-state index contributed by atoms with van der Waals surface area (Å²) < 4.78 is 5.82. The molecule has 5 heteroatoms. The number of aliphatic hydroxyl groups is 1. The monoisotopic (exact) mass is 362 g/mol. The lowest BCUT2D eigenvalue weighted by Crippen LogP contribution is -2.26. The van der Waals surface area contributed by atoms with Crippen molar-refractivity contribution >= 4 is 21.8 Å². The van der Waals surface area contributed by atoms with E-state index in [4.69, 9.17) is 4.74 Å². The van der Waals surface area contributed by atoms with Crippen LogP contribution in [0.5, 0.6) is 11.5 Å². The fourth-order valence-electron chi connectivity index (χ4n) is 3.22. The van der Waals surface area contributed by atoms with Crippen LogP contribution in [0.4, 0.5) is 0 Å². The van der Waals surface area contributed by atoms with Crippen molar-refractivity contribution in [3.05, 3.63) is 72.3 Å². The van der Waals surface area contributed by atoms with E-state index in [1.165, 1.54) is 10.8 Å². The first-order valence-electron chi connectivity index (χ1n) is 9.02. The number of phenols is 1. The molecule has 4 N–H and O–H groups in total. The van der Waals surface area contributed by atoms with Gasteiger partial charge in [-0.3, -0.25) is 0 Å². The van der Waals surface area contributed by atoms with Crippen LogP contribution in [0.25, 0.3) is 21.8 Å². The SMILES string of the molecule is Oc1ccc([C@@H](O)CNCCOc2ccc3c(c2)[nH]c2ccccc23)cc1. The lowest BCUT2D eigenvalue weighted by Gasteiger charge is -2.13. The molecule has 0 aliphatic carbocycles. The quantitative estimate of drug-likeness (QED) is 0.378. The van der Waals surface area contributed by atoms with E-state index < -0.39 is 6.10 Å². The van der Waals surface area contributed by atoms with E-state index in [9.17, 15) is 10.2 Å². The average molecular weight is 362 g/mol. The Bertz CT molecular complexity index is 1040. The highest BCUT2D eigenvalue weighted by Crippen LogP contribution is 2.28. The van der Waals surface area contributed by atoms with Gasteiger partial charge in [0.1, 0.15) is 18.1 Å². The molecule has 3 aromatic carbocycles. The Labute approximate surface area is 157 Å². The molecule has 4 aromatic rings. The highest BCUT2D eigenvalue weighted by atomic mass is 16.5. The number of para-hydroxylation sites is 1. The zero-order valence-electron chi connectivity index (χ0n) is 14.9. The van der Waals surface area contributed by atoms with E-state index in [2.05, 4.69) is 28.5 Å². The van der Waals surface area contributed by atoms with Gasteiger partial charge in [0.05, 0.1) is 11.6 Å². The predicted octanol–water partition coefficient (Wildman–Crippen LogP) is 3.73. The molecular formula is C22H22N2O3. The number of fused-ring (bicyclic) bond motifs is 3. The molecule has 0 spiro atoms. The molecule has 0 bridgehead atoms. The Morgan fingerprint density at radius 3 is 2.56 bits per heavy atom. The van der Waals surface area contributed by atoms with Gasteiger partial charge in [-0.25, -0.2) is 0 Å². The second-order valence-electron chi connectivity index (χ2n) is 6.54. The second-order valence-corrected chi connectivity index (χ2v) is 6.54. The van der Waals surface area contributed by atoms with Crippen LogP contribution in [-0.2, 0) is 0 Å². The fourth-order valence-corrected chi connectivity index (χ4v) is 3.22. The zero-order chi connectivity index (χ0) is 18.6. The summed E-state index contributed by atoms with van der Waals surface area (Å²) in [5.41, 5.74) is 2.95. The topological polar surface area (TPSA) is 77.5 Å². The Morgan fingerprint density at radius 2 is 1.70 bits per heavy atom. The van der Waals surface area contributed by atoms with Crippen LogP contribution in [0, 0.1) is 0 Å². The molecule has 5 nitrogen and oxygen atoms in total. The van der Waals surface area contributed by atoms with Crippen LogP contribution < -0.4 is 10.1 Å². The number of aromatic amines is 1. The number of hydrogen-bond donors (Lipinski definition) is 4. The molecule has 0 amide bonds. The minimum absolute atomic E-state index is 0.194. The largest absolute Gasteiger partial charge is 0.508 e. The van der Waals surface area contributed by atoms with Crippen molar-refractivity contribution < 1.29 is 14.9 Å². The highest BCUT2D eigenvalue weighted by Gasteiger charge is 2.07. The van der Waals surface area contributed by atoms with Gasteiger partial charge in [-0.05, 0) is 35.9 Å².